The molecule has 2 amide bonds. The number of carbonyl (C=O) groups excluding carboxylic acids is 2. The van der Waals surface area contributed by atoms with Crippen molar-refractivity contribution in [2.75, 3.05) is 25.5 Å². The number of fused-ring (bicyclic) bond motifs is 1. The number of rotatable bonds is 4. The van der Waals surface area contributed by atoms with E-state index in [4.69, 9.17) is 4.52 Å². The number of methoxy groups -OCH3 is 1. The van der Waals surface area contributed by atoms with Crippen LogP contribution in [0, 0.1) is 6.92 Å². The summed E-state index contributed by atoms with van der Waals surface area (Å²) in [5.41, 5.74) is 1.64. The smallest absolute Gasteiger partial charge is 0.409 e. The van der Waals surface area contributed by atoms with Gasteiger partial charge in [-0.05, 0) is 18.6 Å². The highest BCUT2D eigenvalue weighted by Crippen LogP contribution is 2.32. The predicted octanol–water partition coefficient (Wildman–Crippen LogP) is 0.486. The number of hydrogen-bond acceptors (Lipinski definition) is 10. The number of aromatic nitrogens is 4. The quantitative estimate of drug-likeness (QED) is 0.293. The zero-order chi connectivity index (χ0) is 25.7. The van der Waals surface area contributed by atoms with Gasteiger partial charge in [-0.15, -0.1) is 0 Å². The molecule has 4 aromatic rings. The number of pyridine rings is 1. The highest BCUT2D eigenvalue weighted by Gasteiger charge is 2.36. The summed E-state index contributed by atoms with van der Waals surface area (Å²) in [7, 11) is 2.73. The van der Waals surface area contributed by atoms with E-state index in [0.29, 0.717) is 36.1 Å². The largest absolute Gasteiger partial charge is 0.505 e. The van der Waals surface area contributed by atoms with Gasteiger partial charge < -0.3 is 34.8 Å². The molecular weight excluding hydrogens is 471 g/mol. The van der Waals surface area contributed by atoms with Crippen LogP contribution < -0.4 is 10.8 Å². The third-order valence-electron chi connectivity index (χ3n) is 6.19. The molecule has 0 radical (unpaired) electrons. The number of carbonyl (C=O) groups is 2. The summed E-state index contributed by atoms with van der Waals surface area (Å²) < 4.78 is 11.0. The van der Waals surface area contributed by atoms with Gasteiger partial charge in [-0.3, -0.25) is 9.20 Å². The molecule has 4 N–H and O–H groups in total. The lowest BCUT2D eigenvalue weighted by atomic mass is 9.95. The number of amides is 2. The fourth-order valence-electron chi connectivity index (χ4n) is 3.96. The maximum absolute atomic E-state index is 13.1. The normalized spacial score (nSPS) is 13.6. The molecule has 0 spiro atoms. The summed E-state index contributed by atoms with van der Waals surface area (Å²) in [6.07, 6.45) is 0.772. The molecule has 5 rings (SSSR count). The number of benzene rings is 1. The molecule has 1 aliphatic heterocycles. The first-order valence-corrected chi connectivity index (χ1v) is 10.9. The fourth-order valence-corrected chi connectivity index (χ4v) is 3.96. The second-order valence-electron chi connectivity index (χ2n) is 8.46. The number of nitrogens with zero attached hydrogens (tertiary/aromatic N) is 5. The van der Waals surface area contributed by atoms with Crippen LogP contribution in [0.25, 0.3) is 17.0 Å². The number of aryl methyl sites for hydroxylation is 1. The molecule has 1 fully saturated rings. The molecule has 184 valence electrons. The van der Waals surface area contributed by atoms with Crippen LogP contribution in [-0.4, -0.2) is 79.8 Å². The Balaban J connectivity index is 1.39. The first-order valence-electron chi connectivity index (χ1n) is 10.9. The number of anilines is 1. The lowest BCUT2D eigenvalue weighted by molar-refractivity contribution is 0.0804. The first kappa shape index (κ1) is 23.0. The highest BCUT2D eigenvalue weighted by molar-refractivity contribution is 6.37. The van der Waals surface area contributed by atoms with Crippen LogP contribution in [0.4, 0.5) is 10.5 Å². The van der Waals surface area contributed by atoms with Gasteiger partial charge in [0.25, 0.3) is 5.91 Å². The third kappa shape index (κ3) is 3.63. The van der Waals surface area contributed by atoms with Gasteiger partial charge in [0.2, 0.25) is 17.6 Å². The molecule has 3 aromatic heterocycles. The molecule has 1 aromatic carbocycles. The molecule has 0 unspecified atom stereocenters. The average molecular weight is 492 g/mol. The minimum Gasteiger partial charge on any atom is -0.505 e. The van der Waals surface area contributed by atoms with Crippen molar-refractivity contribution in [3.63, 3.8) is 0 Å². The number of ether oxygens (including phenoxy) is 1. The van der Waals surface area contributed by atoms with E-state index < -0.39 is 23.6 Å². The molecule has 0 bridgehead atoms. The summed E-state index contributed by atoms with van der Waals surface area (Å²) in [4.78, 5) is 34.6. The Kier molecular flexibility index (Phi) is 5.42. The van der Waals surface area contributed by atoms with Crippen molar-refractivity contribution in [2.45, 2.75) is 12.8 Å². The van der Waals surface area contributed by atoms with E-state index in [1.165, 1.54) is 26.1 Å². The van der Waals surface area contributed by atoms with Gasteiger partial charge in [0.05, 0.1) is 19.2 Å². The molecule has 13 nitrogen and oxygen atoms in total. The van der Waals surface area contributed by atoms with Gasteiger partial charge in [0.1, 0.15) is 13.5 Å². The van der Waals surface area contributed by atoms with Gasteiger partial charge in [-0.2, -0.15) is 4.98 Å². The monoisotopic (exact) mass is 492 g/mol. The molecular formula is C22H21BN6O7. The van der Waals surface area contributed by atoms with Crippen molar-refractivity contribution in [3.05, 3.63) is 41.5 Å². The van der Waals surface area contributed by atoms with Gasteiger partial charge in [-0.1, -0.05) is 17.3 Å². The molecule has 1 saturated heterocycles. The Morgan fingerprint density at radius 3 is 2.69 bits per heavy atom. The van der Waals surface area contributed by atoms with E-state index >= 15 is 0 Å². The second kappa shape index (κ2) is 8.48. The van der Waals surface area contributed by atoms with E-state index in [0.717, 1.165) is 9.96 Å². The minimum atomic E-state index is -0.633. The molecule has 36 heavy (non-hydrogen) atoms. The van der Waals surface area contributed by atoms with E-state index in [2.05, 4.69) is 25.2 Å². The number of imidazole rings is 1. The lowest BCUT2D eigenvalue weighted by Gasteiger charge is -2.35. The molecule has 0 aliphatic carbocycles. The zero-order valence-electron chi connectivity index (χ0n) is 19.5. The van der Waals surface area contributed by atoms with Crippen molar-refractivity contribution in [3.8, 4) is 28.8 Å². The first-order chi connectivity index (χ1) is 17.2. The maximum Gasteiger partial charge on any atom is 0.409 e. The van der Waals surface area contributed by atoms with Crippen molar-refractivity contribution >= 4 is 36.6 Å². The van der Waals surface area contributed by atoms with Gasteiger partial charge in [-0.25, -0.2) is 9.78 Å². The molecule has 0 saturated carbocycles. The molecule has 14 heteroatoms. The van der Waals surface area contributed by atoms with Gasteiger partial charge in [0.15, 0.2) is 17.1 Å². The van der Waals surface area contributed by atoms with Crippen LogP contribution in [0.5, 0.6) is 17.4 Å². The Bertz CT molecular complexity index is 1530. The standard InChI is InChI=1S/C22H21BN6O7/c1-9-3-4-10(17-26-20(36-27-17)11-7-28(8-11)22(34)35-2)5-12(9)25-19(32)13-6-24-18-15(30)14(23)16(31)21(33)29(13)18/h3-6,11,30-31,33H,7-8,23H2,1-2H3,(H,25,32). The van der Waals surface area contributed by atoms with Crippen LogP contribution in [0.1, 0.15) is 27.9 Å². The fraction of sp³-hybridized carbons (Fsp3) is 0.227. The zero-order valence-corrected chi connectivity index (χ0v) is 19.5. The number of aromatic hydroxyl groups is 3. The van der Waals surface area contributed by atoms with Crippen molar-refractivity contribution < 1.29 is 34.2 Å². The van der Waals surface area contributed by atoms with Gasteiger partial charge >= 0.3 is 6.09 Å². The summed E-state index contributed by atoms with van der Waals surface area (Å²) in [5.74, 6) is -1.53. The van der Waals surface area contributed by atoms with Crippen LogP contribution in [0.3, 0.4) is 0 Å². The summed E-state index contributed by atoms with van der Waals surface area (Å²) in [6, 6.07) is 5.22. The average Bonchev–Trinajstić information content (AvgIpc) is 3.50. The van der Waals surface area contributed by atoms with E-state index in [1.807, 2.05) is 0 Å². The Hall–Kier alpha value is -4.75. The van der Waals surface area contributed by atoms with Crippen LogP contribution in [0.15, 0.2) is 28.9 Å². The van der Waals surface area contributed by atoms with Crippen molar-refractivity contribution in [1.29, 1.82) is 0 Å². The van der Waals surface area contributed by atoms with Crippen LogP contribution in [0.2, 0.25) is 0 Å². The van der Waals surface area contributed by atoms with E-state index in [1.54, 1.807) is 25.1 Å². The highest BCUT2D eigenvalue weighted by atomic mass is 16.5. The molecule has 0 atom stereocenters. The Labute approximate surface area is 204 Å². The van der Waals surface area contributed by atoms with Gasteiger partial charge in [0, 0.05) is 29.8 Å². The third-order valence-corrected chi connectivity index (χ3v) is 6.19. The number of nitrogens with one attached hydrogen (secondary N) is 1. The van der Waals surface area contributed by atoms with Crippen LogP contribution >= 0.6 is 0 Å². The topological polar surface area (TPSA) is 176 Å². The van der Waals surface area contributed by atoms with Crippen molar-refractivity contribution in [2.24, 2.45) is 0 Å². The van der Waals surface area contributed by atoms with Crippen LogP contribution in [-0.2, 0) is 4.74 Å². The van der Waals surface area contributed by atoms with E-state index in [9.17, 15) is 24.9 Å². The van der Waals surface area contributed by atoms with E-state index in [-0.39, 0.29) is 28.5 Å². The summed E-state index contributed by atoms with van der Waals surface area (Å²) >= 11 is 0. The molecule has 1 aliphatic rings. The molecule has 4 heterocycles. The number of likely N-dealkylation sites (tertiary alicyclic amines) is 1. The SMILES string of the molecule is Bc1c(O)c(O)n2c(C(=O)Nc3cc(-c4noc(C5CN(C(=O)OC)C5)n4)ccc3C)cnc2c1O. The summed E-state index contributed by atoms with van der Waals surface area (Å²) in [6.45, 7) is 2.63. The minimum absolute atomic E-state index is 0.0421. The Morgan fingerprint density at radius 1 is 1.22 bits per heavy atom. The van der Waals surface area contributed by atoms with Crippen molar-refractivity contribution in [1.82, 2.24) is 24.4 Å². The summed E-state index contributed by atoms with van der Waals surface area (Å²) in [5, 5.41) is 37.5. The number of hydrogen-bond donors (Lipinski definition) is 4. The lowest BCUT2D eigenvalue weighted by Crippen LogP contribution is -2.48. The predicted molar refractivity (Wildman–Crippen MR) is 128 cm³/mol. The second-order valence-corrected chi connectivity index (χ2v) is 8.46. The Morgan fingerprint density at radius 2 is 1.97 bits per heavy atom. The maximum atomic E-state index is 13.1.